The van der Waals surface area contributed by atoms with E-state index >= 15 is 0 Å². The zero-order valence-corrected chi connectivity index (χ0v) is 17.7. The fourth-order valence-electron chi connectivity index (χ4n) is 3.72. The third kappa shape index (κ3) is 3.13. The highest BCUT2D eigenvalue weighted by atomic mass is 35.5. The molecule has 7 nitrogen and oxygen atoms in total. The van der Waals surface area contributed by atoms with Gasteiger partial charge in [-0.1, -0.05) is 11.6 Å². The Morgan fingerprint density at radius 1 is 1.20 bits per heavy atom. The summed E-state index contributed by atoms with van der Waals surface area (Å²) in [5.41, 5.74) is 10.5. The van der Waals surface area contributed by atoms with E-state index in [-0.39, 0.29) is 6.04 Å². The first-order chi connectivity index (χ1) is 14.3. The Balaban J connectivity index is 1.96. The summed E-state index contributed by atoms with van der Waals surface area (Å²) < 4.78 is 21.0. The normalized spacial score (nSPS) is 12.3. The van der Waals surface area contributed by atoms with Crippen molar-refractivity contribution in [1.82, 2.24) is 24.7 Å². The van der Waals surface area contributed by atoms with Crippen LogP contribution in [0.5, 0.6) is 5.75 Å². The Bertz CT molecular complexity index is 1260. The van der Waals surface area contributed by atoms with Crippen LogP contribution >= 0.6 is 11.6 Å². The Labute approximate surface area is 177 Å². The number of benzene rings is 1. The van der Waals surface area contributed by atoms with E-state index in [9.17, 15) is 4.39 Å². The fraction of sp³-hybridized carbons (Fsp3) is 0.238. The highest BCUT2D eigenvalue weighted by Crippen LogP contribution is 2.43. The maximum Gasteiger partial charge on any atom is 0.212 e. The van der Waals surface area contributed by atoms with Gasteiger partial charge in [0.05, 0.1) is 24.2 Å². The summed E-state index contributed by atoms with van der Waals surface area (Å²) in [7, 11) is 1.59. The second kappa shape index (κ2) is 7.53. The lowest BCUT2D eigenvalue weighted by atomic mass is 9.94. The van der Waals surface area contributed by atoms with E-state index in [0.717, 1.165) is 22.4 Å². The van der Waals surface area contributed by atoms with Crippen molar-refractivity contribution in [2.45, 2.75) is 26.8 Å². The van der Waals surface area contributed by atoms with Crippen molar-refractivity contribution >= 4 is 28.5 Å². The van der Waals surface area contributed by atoms with Gasteiger partial charge in [-0.2, -0.15) is 9.49 Å². The quantitative estimate of drug-likeness (QED) is 0.483. The monoisotopic (exact) mass is 426 g/mol. The molecule has 154 valence electrons. The Morgan fingerprint density at radius 3 is 2.63 bits per heavy atom. The minimum atomic E-state index is -0.554. The number of nitrogen functional groups attached to an aromatic ring is 1. The van der Waals surface area contributed by atoms with Crippen LogP contribution in [-0.2, 0) is 0 Å². The number of aromatic nitrogens is 5. The van der Waals surface area contributed by atoms with Gasteiger partial charge in [-0.25, -0.2) is 19.6 Å². The molecule has 0 radical (unpaired) electrons. The molecule has 0 fully saturated rings. The minimum absolute atomic E-state index is 0.282. The molecule has 0 saturated carbocycles. The van der Waals surface area contributed by atoms with E-state index in [1.54, 1.807) is 17.9 Å². The number of methoxy groups -OCH3 is 1. The molecule has 4 rings (SSSR count). The summed E-state index contributed by atoms with van der Waals surface area (Å²) >= 11 is 6.58. The first-order valence-electron chi connectivity index (χ1n) is 9.27. The molecule has 3 heterocycles. The largest absolute Gasteiger partial charge is 0.496 e. The third-order valence-electron chi connectivity index (χ3n) is 5.23. The molecule has 4 aromatic rings. The summed E-state index contributed by atoms with van der Waals surface area (Å²) in [6.45, 7) is 5.72. The highest BCUT2D eigenvalue weighted by molar-refractivity contribution is 6.32. The van der Waals surface area contributed by atoms with Gasteiger partial charge in [0.1, 0.15) is 17.9 Å². The number of fused-ring (bicyclic) bond motifs is 1. The van der Waals surface area contributed by atoms with E-state index in [1.807, 2.05) is 26.8 Å². The molecule has 2 N–H and O–H groups in total. The van der Waals surface area contributed by atoms with Crippen LogP contribution in [0.2, 0.25) is 5.02 Å². The van der Waals surface area contributed by atoms with E-state index in [4.69, 9.17) is 22.1 Å². The number of ether oxygens (including phenoxy) is 1. The molecule has 0 amide bonds. The van der Waals surface area contributed by atoms with Crippen molar-refractivity contribution < 1.29 is 9.13 Å². The van der Waals surface area contributed by atoms with Gasteiger partial charge in [-0.3, -0.25) is 0 Å². The van der Waals surface area contributed by atoms with E-state index in [2.05, 4.69) is 20.1 Å². The average molecular weight is 427 g/mol. The first-order valence-corrected chi connectivity index (χ1v) is 9.65. The lowest BCUT2D eigenvalue weighted by Gasteiger charge is -2.22. The number of anilines is 1. The molecule has 0 spiro atoms. The maximum absolute atomic E-state index is 13.4. The van der Waals surface area contributed by atoms with Gasteiger partial charge < -0.3 is 10.5 Å². The van der Waals surface area contributed by atoms with Crippen molar-refractivity contribution in [3.05, 3.63) is 58.5 Å². The molecule has 30 heavy (non-hydrogen) atoms. The van der Waals surface area contributed by atoms with Gasteiger partial charge in [0.2, 0.25) is 5.95 Å². The van der Waals surface area contributed by atoms with Crippen LogP contribution in [0.1, 0.15) is 29.8 Å². The van der Waals surface area contributed by atoms with Crippen LogP contribution in [0.25, 0.3) is 22.2 Å². The molecule has 1 atom stereocenters. The average Bonchev–Trinajstić information content (AvgIpc) is 3.07. The minimum Gasteiger partial charge on any atom is -0.496 e. The number of nitrogens with two attached hydrogens (primary N) is 1. The van der Waals surface area contributed by atoms with E-state index in [1.165, 1.54) is 18.6 Å². The Kier molecular flexibility index (Phi) is 5.03. The van der Waals surface area contributed by atoms with Crippen LogP contribution in [0.15, 0.2) is 30.7 Å². The zero-order valence-electron chi connectivity index (χ0n) is 16.9. The van der Waals surface area contributed by atoms with Gasteiger partial charge in [0.15, 0.2) is 5.65 Å². The molecule has 0 aliphatic rings. The smallest absolute Gasteiger partial charge is 0.212 e. The van der Waals surface area contributed by atoms with Crippen molar-refractivity contribution in [2.24, 2.45) is 0 Å². The molecule has 0 saturated heterocycles. The van der Waals surface area contributed by atoms with Gasteiger partial charge in [-0.05, 0) is 44.5 Å². The van der Waals surface area contributed by atoms with Crippen LogP contribution < -0.4 is 10.5 Å². The van der Waals surface area contributed by atoms with Crippen LogP contribution in [0, 0.1) is 19.8 Å². The third-order valence-corrected chi connectivity index (χ3v) is 5.63. The number of rotatable bonds is 4. The van der Waals surface area contributed by atoms with E-state index < -0.39 is 5.95 Å². The predicted octanol–water partition coefficient (Wildman–Crippen LogP) is 4.50. The molecule has 0 bridgehead atoms. The van der Waals surface area contributed by atoms with Gasteiger partial charge in [-0.15, -0.1) is 0 Å². The number of pyridine rings is 1. The predicted molar refractivity (Wildman–Crippen MR) is 114 cm³/mol. The van der Waals surface area contributed by atoms with Gasteiger partial charge in [0, 0.05) is 27.9 Å². The summed E-state index contributed by atoms with van der Waals surface area (Å²) in [5.74, 6) is 0.436. The molecule has 1 unspecified atom stereocenters. The zero-order chi connectivity index (χ0) is 21.6. The standard InChI is InChI=1S/C21H20ClFN6O/c1-10-15(22)7-14(19(30-4)17(10)13-5-6-16(23)25-8-13)12(3)29-21-18(11(2)28-29)20(24)26-9-27-21/h5-9,12H,1-4H3,(H2,24,26,27). The summed E-state index contributed by atoms with van der Waals surface area (Å²) in [4.78, 5) is 12.2. The molecular weight excluding hydrogens is 407 g/mol. The number of nitrogens with zero attached hydrogens (tertiary/aromatic N) is 5. The first kappa shape index (κ1) is 20.0. The lowest BCUT2D eigenvalue weighted by molar-refractivity contribution is 0.402. The highest BCUT2D eigenvalue weighted by Gasteiger charge is 2.25. The number of aryl methyl sites for hydroxylation is 1. The van der Waals surface area contributed by atoms with Crippen LogP contribution in [0.4, 0.5) is 10.2 Å². The van der Waals surface area contributed by atoms with Crippen molar-refractivity contribution in [1.29, 1.82) is 0 Å². The number of hydrogen-bond donors (Lipinski definition) is 1. The summed E-state index contributed by atoms with van der Waals surface area (Å²) in [6, 6.07) is 4.53. The molecule has 3 aromatic heterocycles. The van der Waals surface area contributed by atoms with Crippen molar-refractivity contribution in [3.63, 3.8) is 0 Å². The number of hydrogen-bond acceptors (Lipinski definition) is 6. The lowest BCUT2D eigenvalue weighted by Crippen LogP contribution is -2.12. The van der Waals surface area contributed by atoms with Crippen LogP contribution in [-0.4, -0.2) is 31.8 Å². The van der Waals surface area contributed by atoms with Crippen LogP contribution in [0.3, 0.4) is 0 Å². The Hall–Kier alpha value is -3.26. The second-order valence-corrected chi connectivity index (χ2v) is 7.42. The molecule has 9 heteroatoms. The maximum atomic E-state index is 13.4. The summed E-state index contributed by atoms with van der Waals surface area (Å²) in [5, 5.41) is 5.91. The second-order valence-electron chi connectivity index (χ2n) is 7.01. The van der Waals surface area contributed by atoms with Gasteiger partial charge in [0.25, 0.3) is 0 Å². The van der Waals surface area contributed by atoms with Gasteiger partial charge >= 0.3 is 0 Å². The van der Waals surface area contributed by atoms with Crippen molar-refractivity contribution in [2.75, 3.05) is 12.8 Å². The SMILES string of the molecule is COc1c(C(C)n2nc(C)c3c(N)ncnc32)cc(Cl)c(C)c1-c1ccc(F)nc1. The van der Waals surface area contributed by atoms with Crippen molar-refractivity contribution in [3.8, 4) is 16.9 Å². The Morgan fingerprint density at radius 2 is 1.97 bits per heavy atom. The molecule has 1 aromatic carbocycles. The van der Waals surface area contributed by atoms with E-state index in [0.29, 0.717) is 33.2 Å². The number of halogens is 2. The summed E-state index contributed by atoms with van der Waals surface area (Å²) in [6.07, 6.45) is 2.88. The molecule has 0 aliphatic carbocycles. The fourth-order valence-corrected chi connectivity index (χ4v) is 3.93. The molecular formula is C21H20ClFN6O. The topological polar surface area (TPSA) is 91.7 Å². The molecule has 0 aliphatic heterocycles.